The molecule has 1 aliphatic rings. The smallest absolute Gasteiger partial charge is 0.122 e. The van der Waals surface area contributed by atoms with E-state index in [2.05, 4.69) is 24.4 Å². The lowest BCUT2D eigenvalue weighted by molar-refractivity contribution is 0.463. The van der Waals surface area contributed by atoms with E-state index in [1.54, 1.807) is 0 Å². The van der Waals surface area contributed by atoms with E-state index < -0.39 is 0 Å². The van der Waals surface area contributed by atoms with E-state index in [9.17, 15) is 0 Å². The van der Waals surface area contributed by atoms with Crippen LogP contribution in [0.3, 0.4) is 0 Å². The van der Waals surface area contributed by atoms with Crippen molar-refractivity contribution in [1.82, 2.24) is 5.32 Å². The average molecular weight is 151 g/mol. The summed E-state index contributed by atoms with van der Waals surface area (Å²) in [6, 6.07) is 4.68. The van der Waals surface area contributed by atoms with Crippen LogP contribution in [0.1, 0.15) is 30.9 Å². The van der Waals surface area contributed by atoms with Gasteiger partial charge < -0.3 is 9.73 Å². The quantitative estimate of drug-likeness (QED) is 0.669. The van der Waals surface area contributed by atoms with E-state index in [0.717, 1.165) is 30.9 Å². The summed E-state index contributed by atoms with van der Waals surface area (Å²) in [5, 5.41) is 3.21. The van der Waals surface area contributed by atoms with Gasteiger partial charge in [0.25, 0.3) is 0 Å². The number of hydrogen-bond donors (Lipinski definition) is 1. The molecule has 2 heteroatoms. The molecule has 11 heavy (non-hydrogen) atoms. The van der Waals surface area contributed by atoms with Crippen molar-refractivity contribution in [2.24, 2.45) is 0 Å². The van der Waals surface area contributed by atoms with Gasteiger partial charge >= 0.3 is 0 Å². The maximum Gasteiger partial charge on any atom is 0.122 e. The fourth-order valence-electron chi connectivity index (χ4n) is 1.22. The van der Waals surface area contributed by atoms with Crippen LogP contribution in [0.15, 0.2) is 16.5 Å². The minimum atomic E-state index is 0.514. The van der Waals surface area contributed by atoms with Gasteiger partial charge in [-0.3, -0.25) is 0 Å². The lowest BCUT2D eigenvalue weighted by atomic mass is 10.3. The van der Waals surface area contributed by atoms with Gasteiger partial charge in [0, 0.05) is 13.0 Å². The summed E-state index contributed by atoms with van der Waals surface area (Å²) >= 11 is 0. The third kappa shape index (κ3) is 1.46. The summed E-state index contributed by atoms with van der Waals surface area (Å²) in [4.78, 5) is 0. The second-order valence-electron chi connectivity index (χ2n) is 3.01. The monoisotopic (exact) mass is 151 g/mol. The van der Waals surface area contributed by atoms with Gasteiger partial charge in [0.05, 0.1) is 6.04 Å². The van der Waals surface area contributed by atoms with Crippen molar-refractivity contribution in [2.45, 2.75) is 25.8 Å². The van der Waals surface area contributed by atoms with Crippen molar-refractivity contribution < 1.29 is 4.42 Å². The molecule has 0 aromatic carbocycles. The SMILES string of the molecule is CCCc1ccc([C@H]2CN2)o1. The second-order valence-corrected chi connectivity index (χ2v) is 3.01. The number of aryl methyl sites for hydroxylation is 1. The van der Waals surface area contributed by atoms with Crippen molar-refractivity contribution in [2.75, 3.05) is 6.54 Å². The van der Waals surface area contributed by atoms with Crippen molar-refractivity contribution in [3.05, 3.63) is 23.7 Å². The van der Waals surface area contributed by atoms with Gasteiger partial charge in [-0.1, -0.05) is 6.92 Å². The van der Waals surface area contributed by atoms with E-state index >= 15 is 0 Å². The van der Waals surface area contributed by atoms with E-state index in [1.165, 1.54) is 0 Å². The van der Waals surface area contributed by atoms with Crippen LogP contribution in [0.4, 0.5) is 0 Å². The van der Waals surface area contributed by atoms with Crippen LogP contribution in [0, 0.1) is 0 Å². The third-order valence-electron chi connectivity index (χ3n) is 1.93. The molecule has 2 rings (SSSR count). The van der Waals surface area contributed by atoms with E-state index in [4.69, 9.17) is 4.42 Å². The predicted molar refractivity (Wildman–Crippen MR) is 43.4 cm³/mol. The first-order valence-electron chi connectivity index (χ1n) is 4.22. The molecule has 0 radical (unpaired) electrons. The zero-order chi connectivity index (χ0) is 7.68. The Hall–Kier alpha value is -0.760. The molecule has 0 spiro atoms. The highest BCUT2D eigenvalue weighted by Crippen LogP contribution is 2.23. The van der Waals surface area contributed by atoms with Gasteiger partial charge in [-0.2, -0.15) is 0 Å². The van der Waals surface area contributed by atoms with Crippen LogP contribution in [0.2, 0.25) is 0 Å². The molecule has 1 saturated heterocycles. The molecule has 0 saturated carbocycles. The lowest BCUT2D eigenvalue weighted by Gasteiger charge is -1.90. The largest absolute Gasteiger partial charge is 0.464 e. The highest BCUT2D eigenvalue weighted by molar-refractivity contribution is 5.15. The van der Waals surface area contributed by atoms with Crippen LogP contribution in [-0.2, 0) is 6.42 Å². The summed E-state index contributed by atoms with van der Waals surface area (Å²) in [6.45, 7) is 3.25. The summed E-state index contributed by atoms with van der Waals surface area (Å²) in [7, 11) is 0. The molecule has 0 amide bonds. The van der Waals surface area contributed by atoms with Crippen LogP contribution in [0.5, 0.6) is 0 Å². The van der Waals surface area contributed by atoms with Crippen LogP contribution < -0.4 is 5.32 Å². The highest BCUT2D eigenvalue weighted by atomic mass is 16.3. The Kier molecular flexibility index (Phi) is 1.70. The molecule has 1 aliphatic heterocycles. The Morgan fingerprint density at radius 1 is 1.64 bits per heavy atom. The first kappa shape index (κ1) is 6.92. The molecule has 2 nitrogen and oxygen atoms in total. The Balaban J connectivity index is 2.06. The fraction of sp³-hybridized carbons (Fsp3) is 0.556. The van der Waals surface area contributed by atoms with Crippen molar-refractivity contribution in [3.63, 3.8) is 0 Å². The summed E-state index contributed by atoms with van der Waals surface area (Å²) in [5.41, 5.74) is 0. The van der Waals surface area contributed by atoms with Crippen molar-refractivity contribution in [1.29, 1.82) is 0 Å². The summed E-state index contributed by atoms with van der Waals surface area (Å²) in [5.74, 6) is 2.23. The molecular weight excluding hydrogens is 138 g/mol. The summed E-state index contributed by atoms with van der Waals surface area (Å²) in [6.07, 6.45) is 2.22. The molecule has 1 fully saturated rings. The third-order valence-corrected chi connectivity index (χ3v) is 1.93. The first-order chi connectivity index (χ1) is 5.40. The van der Waals surface area contributed by atoms with Gasteiger partial charge in [0.15, 0.2) is 0 Å². The van der Waals surface area contributed by atoms with Gasteiger partial charge in [-0.25, -0.2) is 0 Å². The Morgan fingerprint density at radius 3 is 3.09 bits per heavy atom. The van der Waals surface area contributed by atoms with Crippen LogP contribution in [-0.4, -0.2) is 6.54 Å². The average Bonchev–Trinajstić information content (AvgIpc) is 2.75. The van der Waals surface area contributed by atoms with Crippen molar-refractivity contribution >= 4 is 0 Å². The van der Waals surface area contributed by atoms with Crippen LogP contribution in [0.25, 0.3) is 0 Å². The van der Waals surface area contributed by atoms with Crippen LogP contribution >= 0.6 is 0 Å². The Bertz CT molecular complexity index is 237. The molecule has 1 aromatic heterocycles. The topological polar surface area (TPSA) is 35.1 Å². The maximum absolute atomic E-state index is 5.59. The minimum Gasteiger partial charge on any atom is -0.464 e. The molecule has 60 valence electrons. The number of rotatable bonds is 3. The number of furan rings is 1. The second kappa shape index (κ2) is 2.70. The van der Waals surface area contributed by atoms with Gasteiger partial charge in [0.1, 0.15) is 11.5 Å². The zero-order valence-electron chi connectivity index (χ0n) is 6.76. The molecular formula is C9H13NO. The zero-order valence-corrected chi connectivity index (χ0v) is 6.76. The highest BCUT2D eigenvalue weighted by Gasteiger charge is 2.25. The maximum atomic E-state index is 5.59. The van der Waals surface area contributed by atoms with E-state index in [0.29, 0.717) is 6.04 Å². The Morgan fingerprint density at radius 2 is 2.45 bits per heavy atom. The molecule has 1 atom stereocenters. The van der Waals surface area contributed by atoms with Gasteiger partial charge in [0.2, 0.25) is 0 Å². The predicted octanol–water partition coefficient (Wildman–Crippen LogP) is 1.88. The van der Waals surface area contributed by atoms with E-state index in [-0.39, 0.29) is 0 Å². The normalized spacial score (nSPS) is 22.1. The molecule has 2 heterocycles. The fourth-order valence-corrected chi connectivity index (χ4v) is 1.22. The molecule has 0 aliphatic carbocycles. The molecule has 0 bridgehead atoms. The Labute approximate surface area is 66.6 Å². The van der Waals surface area contributed by atoms with Gasteiger partial charge in [-0.15, -0.1) is 0 Å². The molecule has 1 N–H and O–H groups in total. The summed E-state index contributed by atoms with van der Waals surface area (Å²) < 4.78 is 5.59. The first-order valence-corrected chi connectivity index (χ1v) is 4.22. The number of hydrogen-bond acceptors (Lipinski definition) is 2. The van der Waals surface area contributed by atoms with Crippen molar-refractivity contribution in [3.8, 4) is 0 Å². The molecule has 0 unspecified atom stereocenters. The lowest BCUT2D eigenvalue weighted by Crippen LogP contribution is -1.79. The van der Waals surface area contributed by atoms with Gasteiger partial charge in [-0.05, 0) is 18.6 Å². The standard InChI is InChI=1S/C9H13NO/c1-2-3-7-4-5-9(11-7)8-6-10-8/h4-5,8,10H,2-3,6H2,1H3/t8-/m1/s1. The minimum absolute atomic E-state index is 0.514. The molecule has 1 aromatic rings. The van der Waals surface area contributed by atoms with E-state index in [1.807, 2.05) is 0 Å². The number of nitrogens with one attached hydrogen (secondary N) is 1.